The zero-order valence-corrected chi connectivity index (χ0v) is 13.9. The number of benzene rings is 1. The molecule has 5 nitrogen and oxygen atoms in total. The first-order valence-corrected chi connectivity index (χ1v) is 9.72. The molecule has 2 atom stereocenters. The molecule has 0 bridgehead atoms. The van der Waals surface area contributed by atoms with E-state index < -0.39 is 28.0 Å². The molecule has 0 aromatic heterocycles. The molecule has 1 aromatic rings. The van der Waals surface area contributed by atoms with Gasteiger partial charge >= 0.3 is 0 Å². The van der Waals surface area contributed by atoms with Gasteiger partial charge in [0, 0.05) is 13.1 Å². The number of hydrogen-bond donors (Lipinski definition) is 1. The zero-order valence-electron chi connectivity index (χ0n) is 13.1. The maximum absolute atomic E-state index is 13.5. The van der Waals surface area contributed by atoms with Crippen LogP contribution in [0.1, 0.15) is 30.9 Å². The maximum Gasteiger partial charge on any atom is 0.216 e. The average Bonchev–Trinajstić information content (AvgIpc) is 3.15. The summed E-state index contributed by atoms with van der Waals surface area (Å²) < 4.78 is 40.2. The Balaban J connectivity index is 1.75. The second kappa shape index (κ2) is 6.84. The third-order valence-corrected chi connectivity index (χ3v) is 6.51. The molecule has 1 aromatic carbocycles. The van der Waals surface area contributed by atoms with Crippen LogP contribution in [0, 0.1) is 5.82 Å². The Bertz CT molecular complexity index is 646. The molecular weight excluding hydrogens is 319 g/mol. The van der Waals surface area contributed by atoms with Gasteiger partial charge in [0.05, 0.1) is 17.9 Å². The number of β-amino-alcohol motifs (C(OH)–C–C–N with tert-alkyl or cyclic N) is 1. The molecule has 0 radical (unpaired) electrons. The second-order valence-corrected chi connectivity index (χ2v) is 8.44. The van der Waals surface area contributed by atoms with E-state index >= 15 is 0 Å². The molecule has 0 spiro atoms. The van der Waals surface area contributed by atoms with Crippen molar-refractivity contribution in [1.82, 2.24) is 9.21 Å². The predicted molar refractivity (Wildman–Crippen MR) is 85.9 cm³/mol. The van der Waals surface area contributed by atoms with E-state index in [2.05, 4.69) is 4.90 Å². The molecule has 2 aliphatic heterocycles. The monoisotopic (exact) mass is 342 g/mol. The third kappa shape index (κ3) is 3.91. The van der Waals surface area contributed by atoms with Crippen LogP contribution in [0.4, 0.5) is 4.39 Å². The number of sulfonamides is 1. The van der Waals surface area contributed by atoms with Crippen molar-refractivity contribution >= 4 is 10.0 Å². The Labute approximate surface area is 136 Å². The van der Waals surface area contributed by atoms with Gasteiger partial charge < -0.3 is 10.0 Å². The van der Waals surface area contributed by atoms with Crippen molar-refractivity contribution < 1.29 is 17.9 Å². The Morgan fingerprint density at radius 2 is 2.00 bits per heavy atom. The molecule has 23 heavy (non-hydrogen) atoms. The lowest BCUT2D eigenvalue weighted by molar-refractivity contribution is 0.188. The molecular formula is C16H23FN2O3S. The van der Waals surface area contributed by atoms with Crippen molar-refractivity contribution in [3.63, 3.8) is 0 Å². The third-order valence-electron chi connectivity index (χ3n) is 4.69. The number of rotatable bonds is 5. The minimum Gasteiger partial charge on any atom is -0.392 e. The van der Waals surface area contributed by atoms with Gasteiger partial charge in [-0.1, -0.05) is 12.1 Å². The summed E-state index contributed by atoms with van der Waals surface area (Å²) in [5.41, 5.74) is 0.603. The summed E-state index contributed by atoms with van der Waals surface area (Å²) in [5.74, 6) is -0.343. The molecule has 7 heteroatoms. The number of halogens is 1. The Kier molecular flexibility index (Phi) is 5.01. The van der Waals surface area contributed by atoms with Crippen molar-refractivity contribution in [1.29, 1.82) is 0 Å². The van der Waals surface area contributed by atoms with E-state index in [0.29, 0.717) is 18.5 Å². The molecule has 2 aliphatic rings. The van der Waals surface area contributed by atoms with Gasteiger partial charge in [0.15, 0.2) is 0 Å². The molecule has 3 rings (SSSR count). The summed E-state index contributed by atoms with van der Waals surface area (Å²) in [6.07, 6.45) is 1.85. The summed E-state index contributed by atoms with van der Waals surface area (Å²) in [6.45, 7) is 2.51. The van der Waals surface area contributed by atoms with E-state index in [1.165, 1.54) is 16.4 Å². The van der Waals surface area contributed by atoms with Crippen LogP contribution >= 0.6 is 0 Å². The molecule has 2 unspecified atom stereocenters. The van der Waals surface area contributed by atoms with Crippen molar-refractivity contribution in [2.75, 3.05) is 31.9 Å². The van der Waals surface area contributed by atoms with E-state index in [1.807, 2.05) is 0 Å². The number of likely N-dealkylation sites (tertiary alicyclic amines) is 1. The quantitative estimate of drug-likeness (QED) is 0.878. The van der Waals surface area contributed by atoms with Crippen molar-refractivity contribution in [2.24, 2.45) is 0 Å². The Hall–Kier alpha value is -1.02. The normalized spacial score (nSPS) is 26.9. The van der Waals surface area contributed by atoms with Crippen LogP contribution in [-0.2, 0) is 10.0 Å². The number of hydrogen-bond acceptors (Lipinski definition) is 4. The summed E-state index contributed by atoms with van der Waals surface area (Å²) >= 11 is 0. The molecule has 0 amide bonds. The fourth-order valence-electron chi connectivity index (χ4n) is 3.48. The van der Waals surface area contributed by atoms with Gasteiger partial charge in [-0.2, -0.15) is 4.31 Å². The second-order valence-electron chi connectivity index (χ2n) is 6.39. The molecule has 0 saturated carbocycles. The predicted octanol–water partition coefficient (Wildman–Crippen LogP) is 1.36. The van der Waals surface area contributed by atoms with Crippen LogP contribution in [-0.4, -0.2) is 60.8 Å². The van der Waals surface area contributed by atoms with E-state index in [4.69, 9.17) is 0 Å². The van der Waals surface area contributed by atoms with Gasteiger partial charge in [0.2, 0.25) is 10.0 Å². The molecule has 2 fully saturated rings. The largest absolute Gasteiger partial charge is 0.392 e. The lowest BCUT2D eigenvalue weighted by atomic mass is 10.0. The van der Waals surface area contributed by atoms with Crippen LogP contribution in [0.25, 0.3) is 0 Å². The van der Waals surface area contributed by atoms with Gasteiger partial charge in [-0.25, -0.2) is 12.8 Å². The smallest absolute Gasteiger partial charge is 0.216 e. The summed E-state index contributed by atoms with van der Waals surface area (Å²) in [7, 11) is -3.48. The minimum atomic E-state index is -3.48. The molecule has 2 heterocycles. The van der Waals surface area contributed by atoms with Crippen LogP contribution in [0.15, 0.2) is 24.3 Å². The molecule has 1 N–H and O–H groups in total. The van der Waals surface area contributed by atoms with Gasteiger partial charge in [-0.05, 0) is 50.0 Å². The standard InChI is InChI=1S/C16H23FN2O3S/c17-14-5-3-4-13(10-14)16-11-15(20)12-19(16)23(21,22)9-8-18-6-1-2-7-18/h3-5,10,15-16,20H,1-2,6-9,11-12H2. The molecule has 0 aliphatic carbocycles. The first kappa shape index (κ1) is 16.8. The van der Waals surface area contributed by atoms with Gasteiger partial charge in [0.25, 0.3) is 0 Å². The van der Waals surface area contributed by atoms with Crippen LogP contribution in [0.3, 0.4) is 0 Å². The highest BCUT2D eigenvalue weighted by Crippen LogP contribution is 2.34. The lowest BCUT2D eigenvalue weighted by Gasteiger charge is -2.25. The highest BCUT2D eigenvalue weighted by Gasteiger charge is 2.39. The van der Waals surface area contributed by atoms with Crippen molar-refractivity contribution in [3.8, 4) is 0 Å². The SMILES string of the molecule is O=S(=O)(CCN1CCCC1)N1CC(O)CC1c1cccc(F)c1. The molecule has 128 valence electrons. The van der Waals surface area contributed by atoms with Crippen LogP contribution < -0.4 is 0 Å². The van der Waals surface area contributed by atoms with Crippen LogP contribution in [0.5, 0.6) is 0 Å². The van der Waals surface area contributed by atoms with E-state index in [0.717, 1.165) is 25.9 Å². The summed E-state index contributed by atoms with van der Waals surface area (Å²) in [5, 5.41) is 9.93. The van der Waals surface area contributed by atoms with Gasteiger partial charge in [-0.3, -0.25) is 0 Å². The van der Waals surface area contributed by atoms with Crippen LogP contribution in [0.2, 0.25) is 0 Å². The van der Waals surface area contributed by atoms with E-state index in [-0.39, 0.29) is 12.3 Å². The zero-order chi connectivity index (χ0) is 16.4. The minimum absolute atomic E-state index is 0.0472. The highest BCUT2D eigenvalue weighted by molar-refractivity contribution is 7.89. The fraction of sp³-hybridized carbons (Fsp3) is 0.625. The summed E-state index contributed by atoms with van der Waals surface area (Å²) in [4.78, 5) is 2.15. The lowest BCUT2D eigenvalue weighted by Crippen LogP contribution is -2.37. The topological polar surface area (TPSA) is 60.9 Å². The number of nitrogens with zero attached hydrogens (tertiary/aromatic N) is 2. The first-order chi connectivity index (χ1) is 11.0. The average molecular weight is 342 g/mol. The van der Waals surface area contributed by atoms with Gasteiger partial charge in [0.1, 0.15) is 5.82 Å². The first-order valence-electron chi connectivity index (χ1n) is 8.11. The Morgan fingerprint density at radius 1 is 1.26 bits per heavy atom. The number of aliphatic hydroxyl groups excluding tert-OH is 1. The van der Waals surface area contributed by atoms with Crippen molar-refractivity contribution in [3.05, 3.63) is 35.6 Å². The summed E-state index contributed by atoms with van der Waals surface area (Å²) in [6, 6.07) is 5.50. The highest BCUT2D eigenvalue weighted by atomic mass is 32.2. The number of aliphatic hydroxyl groups is 1. The van der Waals surface area contributed by atoms with Gasteiger partial charge in [-0.15, -0.1) is 0 Å². The Morgan fingerprint density at radius 3 is 2.70 bits per heavy atom. The molecule has 2 saturated heterocycles. The fourth-order valence-corrected chi connectivity index (χ4v) is 5.19. The van der Waals surface area contributed by atoms with E-state index in [1.54, 1.807) is 12.1 Å². The maximum atomic E-state index is 13.5. The van der Waals surface area contributed by atoms with Crippen molar-refractivity contribution in [2.45, 2.75) is 31.4 Å². The van der Waals surface area contributed by atoms with E-state index in [9.17, 15) is 17.9 Å².